The van der Waals surface area contributed by atoms with E-state index in [0.29, 0.717) is 0 Å². The summed E-state index contributed by atoms with van der Waals surface area (Å²) in [6, 6.07) is 20.9. The van der Waals surface area contributed by atoms with Gasteiger partial charge in [-0.3, -0.25) is 0 Å². The minimum absolute atomic E-state index is 0. The van der Waals surface area contributed by atoms with E-state index >= 15 is 0 Å². The number of aryl methyl sites for hydroxylation is 2. The van der Waals surface area contributed by atoms with Crippen molar-refractivity contribution in [3.05, 3.63) is 88.0 Å². The fraction of sp³-hybridized carbons (Fsp3) is 0.575. The summed E-state index contributed by atoms with van der Waals surface area (Å²) in [7, 11) is 0. The number of halogens is 2. The van der Waals surface area contributed by atoms with Crippen molar-refractivity contribution in [1.82, 2.24) is 0 Å². The zero-order valence-electron chi connectivity index (χ0n) is 28.8. The Labute approximate surface area is 298 Å². The zero-order valence-corrected chi connectivity index (χ0v) is 34.9. The van der Waals surface area contributed by atoms with Crippen LogP contribution in [0.15, 0.2) is 48.5 Å². The van der Waals surface area contributed by atoms with Gasteiger partial charge in [0, 0.05) is 0 Å². The van der Waals surface area contributed by atoms with Gasteiger partial charge in [0.15, 0.2) is 0 Å². The first-order chi connectivity index (χ1) is 19.9. The van der Waals surface area contributed by atoms with Crippen molar-refractivity contribution in [2.24, 2.45) is 0 Å². The van der Waals surface area contributed by atoms with E-state index in [1.54, 1.807) is 74.4 Å². The van der Waals surface area contributed by atoms with Crippen LogP contribution in [0.2, 0.25) is 11.1 Å². The van der Waals surface area contributed by atoms with Crippen molar-refractivity contribution in [3.63, 3.8) is 0 Å². The first-order valence-corrected chi connectivity index (χ1v) is 23.9. The van der Waals surface area contributed by atoms with Crippen LogP contribution in [-0.2, 0) is 40.3 Å². The van der Waals surface area contributed by atoms with E-state index in [2.05, 4.69) is 79.7 Å². The Morgan fingerprint density at radius 1 is 0.705 bits per heavy atom. The summed E-state index contributed by atoms with van der Waals surface area (Å²) in [4.78, 5) is 0. The van der Waals surface area contributed by atoms with E-state index in [0.717, 1.165) is 6.42 Å². The SMILES string of the molecule is Cc1[c-]c2c(cc1C(C)(C)C)-c1cc(C(C)(C)C)c(C)cc1C2.[Cl-].[Cl-].[Hf+2]=[Si](C1CCCCC1)C1CCCCC1.c1cc[cH-]c1. The van der Waals surface area contributed by atoms with E-state index in [-0.39, 0.29) is 41.1 Å². The molecule has 0 spiro atoms. The average molecular weight is 814 g/mol. The minimum atomic E-state index is 0. The molecule has 0 unspecified atom stereocenters. The Bertz CT molecular complexity index is 1210. The molecule has 0 heterocycles. The number of hydrogen-bond donors (Lipinski definition) is 0. The summed E-state index contributed by atoms with van der Waals surface area (Å²) in [6.45, 7) is 18.2. The largest absolute Gasteiger partial charge is 0.214 e. The monoisotopic (exact) mass is 814 g/mol. The summed E-state index contributed by atoms with van der Waals surface area (Å²) in [5.74, 6) is 0. The number of fused-ring (bicyclic) bond motifs is 3. The maximum atomic E-state index is 3.69. The molecular weight excluding hydrogens is 758 g/mol. The standard InChI is InChI=1S/C23H29.C12H22Si.C5H5.2ClH.Hf/c1-14-9-16-11-17-10-15(2)21(23(6,7)8)13-19(17)18(16)12-20(14)22(3,4)5;1-3-7-11(8-4-1)13-12-9-5-2-6-10-12;1-2-4-5-3-1;;;/h9,12-13H,11H2,1-8H3;11-12H,1-10H2;1-5H;2*1H;/q-1;;-1;;;+2/p-2. The molecule has 0 amide bonds. The average Bonchev–Trinajstić information content (AvgIpc) is 3.63. The Balaban J connectivity index is 0.000000273. The molecule has 0 aromatic heterocycles. The van der Waals surface area contributed by atoms with Crippen LogP contribution in [-0.4, -0.2) is 5.49 Å². The Hall–Kier alpha value is -0.543. The molecule has 0 nitrogen and oxygen atoms in total. The number of hydrogen-bond acceptors (Lipinski definition) is 0. The second-order valence-corrected chi connectivity index (χ2v) is 24.1. The van der Waals surface area contributed by atoms with Gasteiger partial charge < -0.3 is 24.8 Å². The van der Waals surface area contributed by atoms with Crippen LogP contribution in [0.4, 0.5) is 0 Å². The molecule has 0 atom stereocenters. The third-order valence-corrected chi connectivity index (χ3v) is 21.4. The molecular formula is C40H56Cl2HfSi-2. The zero-order chi connectivity index (χ0) is 30.5. The summed E-state index contributed by atoms with van der Waals surface area (Å²) in [6.07, 6.45) is 16.8. The van der Waals surface area contributed by atoms with E-state index in [1.807, 2.05) is 30.3 Å². The summed E-state index contributed by atoms with van der Waals surface area (Å²) in [5, 5.41) is 0. The van der Waals surface area contributed by atoms with Gasteiger partial charge in [-0.25, -0.2) is 12.1 Å². The third-order valence-electron chi connectivity index (χ3n) is 9.73. The van der Waals surface area contributed by atoms with Crippen LogP contribution in [0.25, 0.3) is 11.1 Å². The molecule has 0 N–H and O–H groups in total. The summed E-state index contributed by atoms with van der Waals surface area (Å²) in [5.41, 5.74) is 14.3. The molecule has 3 aromatic rings. The Morgan fingerprint density at radius 3 is 1.61 bits per heavy atom. The van der Waals surface area contributed by atoms with Crippen molar-refractivity contribution in [3.8, 4) is 11.1 Å². The molecule has 0 saturated heterocycles. The predicted molar refractivity (Wildman–Crippen MR) is 182 cm³/mol. The fourth-order valence-corrected chi connectivity index (χ4v) is 16.5. The Morgan fingerprint density at radius 2 is 1.18 bits per heavy atom. The van der Waals surface area contributed by atoms with E-state index in [1.165, 1.54) is 68.4 Å². The summed E-state index contributed by atoms with van der Waals surface area (Å²) < 4.78 is 0. The van der Waals surface area contributed by atoms with E-state index in [4.69, 9.17) is 0 Å². The van der Waals surface area contributed by atoms with Crippen molar-refractivity contribution in [2.45, 2.75) is 148 Å². The van der Waals surface area contributed by atoms with Gasteiger partial charge in [0.25, 0.3) is 0 Å². The van der Waals surface area contributed by atoms with Crippen LogP contribution in [0.3, 0.4) is 0 Å². The van der Waals surface area contributed by atoms with Gasteiger partial charge in [0.2, 0.25) is 0 Å². The second-order valence-electron chi connectivity index (χ2n) is 15.3. The van der Waals surface area contributed by atoms with Gasteiger partial charge >= 0.3 is 104 Å². The molecule has 2 fully saturated rings. The van der Waals surface area contributed by atoms with Gasteiger partial charge in [-0.1, -0.05) is 71.6 Å². The molecule has 0 bridgehead atoms. The Kier molecular flexibility index (Phi) is 15.8. The van der Waals surface area contributed by atoms with Gasteiger partial charge in [0.05, 0.1) is 0 Å². The molecule has 4 heteroatoms. The van der Waals surface area contributed by atoms with E-state index in [9.17, 15) is 0 Å². The molecule has 240 valence electrons. The quantitative estimate of drug-likeness (QED) is 0.176. The second kappa shape index (κ2) is 17.6. The smallest absolute Gasteiger partial charge is 0.172 e. The van der Waals surface area contributed by atoms with Gasteiger partial charge in [-0.05, 0) is 35.4 Å². The fourth-order valence-electron chi connectivity index (χ4n) is 7.50. The van der Waals surface area contributed by atoms with Gasteiger partial charge in [-0.2, -0.15) is 35.9 Å². The van der Waals surface area contributed by atoms with Crippen LogP contribution in [0.5, 0.6) is 0 Å². The van der Waals surface area contributed by atoms with Crippen LogP contribution in [0, 0.1) is 19.9 Å². The molecule has 0 radical (unpaired) electrons. The van der Waals surface area contributed by atoms with Crippen molar-refractivity contribution < 1.29 is 47.8 Å². The molecule has 6 rings (SSSR count). The third kappa shape index (κ3) is 10.5. The number of rotatable bonds is 2. The van der Waals surface area contributed by atoms with Crippen molar-refractivity contribution in [2.75, 3.05) is 0 Å². The maximum Gasteiger partial charge on any atom is -0.172 e. The first kappa shape index (κ1) is 39.6. The van der Waals surface area contributed by atoms with Crippen LogP contribution < -0.4 is 24.8 Å². The number of benzene rings is 2. The molecule has 44 heavy (non-hydrogen) atoms. The topological polar surface area (TPSA) is 0 Å². The molecule has 3 aliphatic rings. The van der Waals surface area contributed by atoms with Crippen LogP contribution >= 0.6 is 0 Å². The van der Waals surface area contributed by atoms with Crippen molar-refractivity contribution >= 4 is 5.49 Å². The van der Waals surface area contributed by atoms with Gasteiger partial charge in [0.1, 0.15) is 0 Å². The molecule has 3 aliphatic carbocycles. The summed E-state index contributed by atoms with van der Waals surface area (Å²) >= 11 is 1.57. The van der Waals surface area contributed by atoms with Crippen LogP contribution in [0.1, 0.15) is 139 Å². The predicted octanol–water partition coefficient (Wildman–Crippen LogP) is 5.88. The molecule has 2 saturated carbocycles. The molecule has 0 aliphatic heterocycles. The van der Waals surface area contributed by atoms with Crippen molar-refractivity contribution in [1.29, 1.82) is 0 Å². The normalized spacial score (nSPS) is 16.6. The van der Waals surface area contributed by atoms with E-state index < -0.39 is 0 Å². The minimum Gasteiger partial charge on any atom is -0.214 e. The maximum absolute atomic E-state index is 3.69. The van der Waals surface area contributed by atoms with Gasteiger partial charge in [-0.15, -0.1) is 16.7 Å². The molecule has 3 aromatic carbocycles. The first-order valence-electron chi connectivity index (χ1n) is 16.8.